The molecule has 0 bridgehead atoms. The van der Waals surface area contributed by atoms with E-state index >= 15 is 0 Å². The Labute approximate surface area is 326 Å². The number of hydrogen-bond donors (Lipinski definition) is 4. The maximum absolute atomic E-state index is 10.0. The second kappa shape index (κ2) is 17.9. The molecule has 6 N–H and O–H groups in total. The standard InChI is InChI=1S/C42H45N11O3/c1-52(23-27-9-11-36(54-3)12-10-27)25-35-21-40(51-42(45)49-35)47-33-16-31(17-38(19-33)56-5)30-14-28(22-43)13-29(15-30)24-53(2)26-34-20-39(50-41(44)48-34)46-32-7-6-8-37(18-32)55-4/h6-21H,23-26H2,1-5H3,(H3,44,46,48,50)(H3,45,47,49,51). The molecular formula is C42H45N11O3. The van der Waals surface area contributed by atoms with E-state index in [1.165, 1.54) is 0 Å². The number of nitrogens with one attached hydrogen (secondary N) is 2. The van der Waals surface area contributed by atoms with Gasteiger partial charge in [-0.1, -0.05) is 18.2 Å². The predicted octanol–water partition coefficient (Wildman–Crippen LogP) is 6.75. The summed E-state index contributed by atoms with van der Waals surface area (Å²) in [6.45, 7) is 2.30. The van der Waals surface area contributed by atoms with Crippen LogP contribution in [0.15, 0.2) is 97.1 Å². The summed E-state index contributed by atoms with van der Waals surface area (Å²) in [5.41, 5.74) is 19.7. The van der Waals surface area contributed by atoms with Crippen LogP contribution in [0.4, 0.5) is 34.9 Å². The fourth-order valence-corrected chi connectivity index (χ4v) is 6.31. The number of nitrogens with zero attached hydrogens (tertiary/aromatic N) is 7. The van der Waals surface area contributed by atoms with Gasteiger partial charge >= 0.3 is 0 Å². The van der Waals surface area contributed by atoms with Gasteiger partial charge in [-0.15, -0.1) is 0 Å². The first-order chi connectivity index (χ1) is 27.1. The molecule has 6 aromatic rings. The summed E-state index contributed by atoms with van der Waals surface area (Å²) in [5, 5.41) is 16.7. The van der Waals surface area contributed by atoms with Gasteiger partial charge in [-0.2, -0.15) is 15.2 Å². The van der Waals surface area contributed by atoms with Crippen molar-refractivity contribution in [1.29, 1.82) is 5.26 Å². The summed E-state index contributed by atoms with van der Waals surface area (Å²) in [4.78, 5) is 22.0. The highest BCUT2D eigenvalue weighted by Crippen LogP contribution is 2.32. The van der Waals surface area contributed by atoms with Gasteiger partial charge in [0.1, 0.15) is 28.9 Å². The van der Waals surface area contributed by atoms with Crippen LogP contribution in [0.2, 0.25) is 0 Å². The molecule has 6 rings (SSSR count). The van der Waals surface area contributed by atoms with Crippen molar-refractivity contribution in [2.75, 3.05) is 57.5 Å². The lowest BCUT2D eigenvalue weighted by Crippen LogP contribution is -2.19. The third-order valence-electron chi connectivity index (χ3n) is 8.73. The van der Waals surface area contributed by atoms with Crippen LogP contribution < -0.4 is 36.3 Å². The van der Waals surface area contributed by atoms with E-state index in [1.807, 2.05) is 105 Å². The molecule has 286 valence electrons. The van der Waals surface area contributed by atoms with E-state index in [9.17, 15) is 5.26 Å². The van der Waals surface area contributed by atoms with Crippen LogP contribution >= 0.6 is 0 Å². The van der Waals surface area contributed by atoms with E-state index in [4.69, 9.17) is 25.7 Å². The van der Waals surface area contributed by atoms with Crippen molar-refractivity contribution >= 4 is 34.9 Å². The minimum atomic E-state index is 0.162. The number of anilines is 6. The summed E-state index contributed by atoms with van der Waals surface area (Å²) in [5.74, 6) is 3.62. The minimum absolute atomic E-state index is 0.162. The zero-order chi connectivity index (χ0) is 39.6. The van der Waals surface area contributed by atoms with Crippen molar-refractivity contribution in [3.63, 3.8) is 0 Å². The molecule has 0 aliphatic carbocycles. The maximum Gasteiger partial charge on any atom is 0.222 e. The van der Waals surface area contributed by atoms with Crippen molar-refractivity contribution in [3.05, 3.63) is 125 Å². The highest BCUT2D eigenvalue weighted by Gasteiger charge is 2.13. The SMILES string of the molecule is COc1ccc(CN(C)Cc2cc(Nc3cc(OC)cc(-c4cc(C#N)cc(CN(C)Cc5cc(Nc6cccc(OC)c6)nc(N)n5)c4)c3)nc(N)n2)cc1. The molecule has 0 atom stereocenters. The van der Waals surface area contributed by atoms with E-state index in [2.05, 4.69) is 52.5 Å². The molecule has 4 aromatic carbocycles. The summed E-state index contributed by atoms with van der Waals surface area (Å²) < 4.78 is 16.3. The van der Waals surface area contributed by atoms with Crippen LogP contribution in [0.5, 0.6) is 17.2 Å². The second-order valence-electron chi connectivity index (χ2n) is 13.4. The average Bonchev–Trinajstić information content (AvgIpc) is 3.17. The Morgan fingerprint density at radius 3 is 1.75 bits per heavy atom. The minimum Gasteiger partial charge on any atom is -0.497 e. The molecule has 0 saturated carbocycles. The first kappa shape index (κ1) is 38.8. The zero-order valence-corrected chi connectivity index (χ0v) is 32.1. The Kier molecular flexibility index (Phi) is 12.4. The van der Waals surface area contributed by atoms with Crippen LogP contribution in [0.1, 0.15) is 28.1 Å². The van der Waals surface area contributed by atoms with Gasteiger partial charge in [0.25, 0.3) is 0 Å². The highest BCUT2D eigenvalue weighted by molar-refractivity contribution is 5.74. The number of hydrogen-bond acceptors (Lipinski definition) is 14. The monoisotopic (exact) mass is 751 g/mol. The van der Waals surface area contributed by atoms with Crippen molar-refractivity contribution in [3.8, 4) is 34.4 Å². The van der Waals surface area contributed by atoms with Gasteiger partial charge in [0, 0.05) is 61.8 Å². The van der Waals surface area contributed by atoms with Gasteiger partial charge in [0.05, 0.1) is 44.3 Å². The van der Waals surface area contributed by atoms with Crippen LogP contribution in [0, 0.1) is 11.3 Å². The molecule has 0 spiro atoms. The van der Waals surface area contributed by atoms with Gasteiger partial charge in [0.2, 0.25) is 11.9 Å². The van der Waals surface area contributed by atoms with Gasteiger partial charge < -0.3 is 36.3 Å². The molecule has 2 aromatic heterocycles. The summed E-state index contributed by atoms with van der Waals surface area (Å²) >= 11 is 0. The largest absolute Gasteiger partial charge is 0.497 e. The van der Waals surface area contributed by atoms with Crippen LogP contribution in [-0.4, -0.2) is 65.2 Å². The Hall–Kier alpha value is -6.95. The smallest absolute Gasteiger partial charge is 0.222 e. The predicted molar refractivity (Wildman–Crippen MR) is 219 cm³/mol. The molecule has 14 nitrogen and oxygen atoms in total. The quantitative estimate of drug-likeness (QED) is 0.0814. The molecule has 0 saturated heterocycles. The van der Waals surface area contributed by atoms with Gasteiger partial charge in [-0.25, -0.2) is 9.97 Å². The van der Waals surface area contributed by atoms with E-state index in [0.29, 0.717) is 49.1 Å². The lowest BCUT2D eigenvalue weighted by Gasteiger charge is -2.19. The molecule has 0 amide bonds. The fourth-order valence-electron chi connectivity index (χ4n) is 6.31. The number of nitriles is 1. The van der Waals surface area contributed by atoms with Crippen LogP contribution in [0.3, 0.4) is 0 Å². The number of methoxy groups -OCH3 is 3. The van der Waals surface area contributed by atoms with Gasteiger partial charge in [-0.05, 0) is 90.9 Å². The van der Waals surface area contributed by atoms with Crippen molar-refractivity contribution in [1.82, 2.24) is 29.7 Å². The van der Waals surface area contributed by atoms with E-state index < -0.39 is 0 Å². The molecule has 0 radical (unpaired) electrons. The Morgan fingerprint density at radius 1 is 0.571 bits per heavy atom. The second-order valence-corrected chi connectivity index (χ2v) is 13.4. The topological polar surface area (TPSA) is 186 Å². The van der Waals surface area contributed by atoms with E-state index in [0.717, 1.165) is 56.5 Å². The molecular weight excluding hydrogens is 707 g/mol. The zero-order valence-electron chi connectivity index (χ0n) is 32.1. The number of benzene rings is 4. The number of ether oxygens (including phenoxy) is 3. The summed E-state index contributed by atoms with van der Waals surface area (Å²) in [6, 6.07) is 33.2. The third kappa shape index (κ3) is 10.6. The molecule has 0 aliphatic rings. The Morgan fingerprint density at radius 2 is 1.14 bits per heavy atom. The van der Waals surface area contributed by atoms with E-state index in [1.54, 1.807) is 21.3 Å². The van der Waals surface area contributed by atoms with Crippen molar-refractivity contribution < 1.29 is 14.2 Å². The Balaban J connectivity index is 1.17. The summed E-state index contributed by atoms with van der Waals surface area (Å²) in [7, 11) is 8.90. The maximum atomic E-state index is 10.0. The van der Waals surface area contributed by atoms with E-state index in [-0.39, 0.29) is 11.9 Å². The fraction of sp³-hybridized carbons (Fsp3) is 0.214. The summed E-state index contributed by atoms with van der Waals surface area (Å²) in [6.07, 6.45) is 0. The Bertz CT molecular complexity index is 2330. The number of nitrogen functional groups attached to an aromatic ring is 2. The molecule has 0 aliphatic heterocycles. The van der Waals surface area contributed by atoms with Crippen molar-refractivity contribution in [2.45, 2.75) is 26.2 Å². The van der Waals surface area contributed by atoms with Crippen molar-refractivity contribution in [2.24, 2.45) is 0 Å². The number of aromatic nitrogens is 4. The molecule has 14 heteroatoms. The van der Waals surface area contributed by atoms with Crippen LogP contribution in [-0.2, 0) is 26.2 Å². The molecule has 0 unspecified atom stereocenters. The van der Waals surface area contributed by atoms with Crippen LogP contribution in [0.25, 0.3) is 11.1 Å². The van der Waals surface area contributed by atoms with Gasteiger partial charge in [-0.3, -0.25) is 9.80 Å². The number of nitrogens with two attached hydrogens (primary N) is 2. The third-order valence-corrected chi connectivity index (χ3v) is 8.73. The lowest BCUT2D eigenvalue weighted by atomic mass is 9.99. The highest BCUT2D eigenvalue weighted by atomic mass is 16.5. The molecule has 56 heavy (non-hydrogen) atoms. The average molecular weight is 752 g/mol. The number of rotatable bonds is 16. The first-order valence-corrected chi connectivity index (χ1v) is 17.8. The molecule has 2 heterocycles. The van der Waals surface area contributed by atoms with Gasteiger partial charge in [0.15, 0.2) is 0 Å². The molecule has 0 fully saturated rings. The first-order valence-electron chi connectivity index (χ1n) is 17.8. The normalized spacial score (nSPS) is 11.0. The lowest BCUT2D eigenvalue weighted by molar-refractivity contribution is 0.315.